The maximum Gasteiger partial charge on any atom is 0.258 e. The summed E-state index contributed by atoms with van der Waals surface area (Å²) in [5.41, 5.74) is 3.33. The first-order valence-electron chi connectivity index (χ1n) is 7.04. The van der Waals surface area contributed by atoms with Gasteiger partial charge in [-0.15, -0.1) is 0 Å². The van der Waals surface area contributed by atoms with Crippen molar-refractivity contribution >= 4 is 5.65 Å². The molecular weight excluding hydrogens is 278 g/mol. The minimum absolute atomic E-state index is 0.0621. The van der Waals surface area contributed by atoms with Crippen LogP contribution >= 0.6 is 0 Å². The van der Waals surface area contributed by atoms with Gasteiger partial charge in [-0.2, -0.15) is 0 Å². The van der Waals surface area contributed by atoms with Crippen LogP contribution in [0.3, 0.4) is 0 Å². The third-order valence-corrected chi connectivity index (χ3v) is 3.36. The number of hydrogen-bond donors (Lipinski definition) is 0. The van der Waals surface area contributed by atoms with Gasteiger partial charge in [0.05, 0.1) is 11.4 Å². The Balaban J connectivity index is 1.83. The second-order valence-electron chi connectivity index (χ2n) is 5.39. The lowest BCUT2D eigenvalue weighted by molar-refractivity contribution is 0.310. The quantitative estimate of drug-likeness (QED) is 0.728. The average Bonchev–Trinajstić information content (AvgIpc) is 2.47. The van der Waals surface area contributed by atoms with Crippen molar-refractivity contribution in [2.45, 2.75) is 20.0 Å². The van der Waals surface area contributed by atoms with E-state index < -0.39 is 0 Å². The lowest BCUT2D eigenvalue weighted by atomic mass is 10.3. The van der Waals surface area contributed by atoms with Crippen molar-refractivity contribution in [2.75, 3.05) is 7.05 Å². The number of rotatable bonds is 4. The van der Waals surface area contributed by atoms with E-state index in [9.17, 15) is 4.79 Å². The molecule has 0 bridgehead atoms. The molecule has 0 saturated heterocycles. The van der Waals surface area contributed by atoms with E-state index in [2.05, 4.69) is 19.9 Å². The Labute approximate surface area is 128 Å². The maximum absolute atomic E-state index is 12.1. The van der Waals surface area contributed by atoms with Crippen LogP contribution in [0.4, 0.5) is 0 Å². The van der Waals surface area contributed by atoms with Gasteiger partial charge < -0.3 is 0 Å². The summed E-state index contributed by atoms with van der Waals surface area (Å²) in [5.74, 6) is 0. The molecule has 22 heavy (non-hydrogen) atoms. The molecule has 112 valence electrons. The summed E-state index contributed by atoms with van der Waals surface area (Å²) in [7, 11) is 1.97. The van der Waals surface area contributed by atoms with Crippen LogP contribution in [0.25, 0.3) is 5.65 Å². The molecule has 0 unspecified atom stereocenters. The Kier molecular flexibility index (Phi) is 3.93. The Hall–Kier alpha value is -2.60. The highest BCUT2D eigenvalue weighted by molar-refractivity contribution is 5.41. The van der Waals surface area contributed by atoms with Gasteiger partial charge in [-0.25, -0.2) is 4.98 Å². The van der Waals surface area contributed by atoms with Crippen LogP contribution in [0.2, 0.25) is 0 Å². The molecule has 0 atom stereocenters. The summed E-state index contributed by atoms with van der Waals surface area (Å²) in [6.45, 7) is 3.22. The molecule has 0 spiro atoms. The lowest BCUT2D eigenvalue weighted by Gasteiger charge is -2.15. The molecule has 0 saturated carbocycles. The Morgan fingerprint density at radius 1 is 1.18 bits per heavy atom. The second kappa shape index (κ2) is 6.03. The van der Waals surface area contributed by atoms with Crippen LogP contribution < -0.4 is 5.56 Å². The molecule has 6 nitrogen and oxygen atoms in total. The van der Waals surface area contributed by atoms with Gasteiger partial charge in [0.1, 0.15) is 5.65 Å². The Morgan fingerprint density at radius 2 is 2.00 bits per heavy atom. The first-order chi connectivity index (χ1) is 10.6. The molecule has 0 aliphatic heterocycles. The van der Waals surface area contributed by atoms with Gasteiger partial charge in [0.25, 0.3) is 5.56 Å². The summed E-state index contributed by atoms with van der Waals surface area (Å²) in [5, 5.41) is 0. The molecule has 6 heteroatoms. The SMILES string of the molecule is Cc1ccn2c(=O)cc(CN(C)Cc3cnccn3)nc2c1. The van der Waals surface area contributed by atoms with Gasteiger partial charge in [0.15, 0.2) is 0 Å². The van der Waals surface area contributed by atoms with E-state index in [-0.39, 0.29) is 5.56 Å². The molecule has 0 radical (unpaired) electrons. The summed E-state index contributed by atoms with van der Waals surface area (Å²) in [6.07, 6.45) is 6.82. The van der Waals surface area contributed by atoms with Crippen molar-refractivity contribution in [3.63, 3.8) is 0 Å². The van der Waals surface area contributed by atoms with Crippen molar-refractivity contribution in [1.82, 2.24) is 24.3 Å². The van der Waals surface area contributed by atoms with Crippen molar-refractivity contribution in [1.29, 1.82) is 0 Å². The monoisotopic (exact) mass is 295 g/mol. The van der Waals surface area contributed by atoms with E-state index in [1.165, 1.54) is 0 Å². The van der Waals surface area contributed by atoms with Crippen LogP contribution in [0.15, 0.2) is 47.8 Å². The van der Waals surface area contributed by atoms with Crippen LogP contribution in [0.1, 0.15) is 17.0 Å². The highest BCUT2D eigenvalue weighted by atomic mass is 16.1. The normalized spacial score (nSPS) is 11.2. The van der Waals surface area contributed by atoms with Gasteiger partial charge in [-0.1, -0.05) is 0 Å². The van der Waals surface area contributed by atoms with Crippen LogP contribution in [0.5, 0.6) is 0 Å². The first kappa shape index (κ1) is 14.3. The first-order valence-corrected chi connectivity index (χ1v) is 7.04. The predicted molar refractivity (Wildman–Crippen MR) is 83.4 cm³/mol. The van der Waals surface area contributed by atoms with E-state index in [1.807, 2.05) is 26.1 Å². The fourth-order valence-electron chi connectivity index (χ4n) is 2.36. The van der Waals surface area contributed by atoms with Gasteiger partial charge >= 0.3 is 0 Å². The van der Waals surface area contributed by atoms with Gasteiger partial charge in [-0.05, 0) is 31.7 Å². The van der Waals surface area contributed by atoms with Gasteiger partial charge in [-0.3, -0.25) is 24.1 Å². The summed E-state index contributed by atoms with van der Waals surface area (Å²) in [6, 6.07) is 5.39. The predicted octanol–water partition coefficient (Wildman–Crippen LogP) is 1.42. The lowest BCUT2D eigenvalue weighted by Crippen LogP contribution is -2.22. The van der Waals surface area contributed by atoms with Crippen molar-refractivity contribution < 1.29 is 0 Å². The number of nitrogens with zero attached hydrogens (tertiary/aromatic N) is 5. The smallest absolute Gasteiger partial charge is 0.258 e. The molecule has 3 aromatic heterocycles. The number of aryl methyl sites for hydroxylation is 1. The Bertz CT molecular complexity index is 844. The third-order valence-electron chi connectivity index (χ3n) is 3.36. The molecule has 0 aliphatic rings. The molecular formula is C16H17N5O. The largest absolute Gasteiger partial charge is 0.295 e. The molecule has 0 amide bonds. The summed E-state index contributed by atoms with van der Waals surface area (Å²) >= 11 is 0. The summed E-state index contributed by atoms with van der Waals surface area (Å²) < 4.78 is 1.55. The highest BCUT2D eigenvalue weighted by Crippen LogP contribution is 2.06. The molecule has 0 N–H and O–H groups in total. The maximum atomic E-state index is 12.1. The number of aromatic nitrogens is 4. The van der Waals surface area contributed by atoms with E-state index in [0.29, 0.717) is 18.7 Å². The minimum Gasteiger partial charge on any atom is -0.295 e. The number of hydrogen-bond acceptors (Lipinski definition) is 5. The fraction of sp³-hybridized carbons (Fsp3) is 0.250. The standard InChI is InChI=1S/C16H17N5O/c1-12-3-6-21-15(7-12)19-13(8-16(21)22)10-20(2)11-14-9-17-4-5-18-14/h3-9H,10-11H2,1-2H3. The topological polar surface area (TPSA) is 63.4 Å². The zero-order valence-corrected chi connectivity index (χ0v) is 12.6. The third kappa shape index (κ3) is 3.17. The zero-order valence-electron chi connectivity index (χ0n) is 12.6. The molecule has 3 aromatic rings. The molecule has 0 aromatic carbocycles. The molecule has 0 fully saturated rings. The van der Waals surface area contributed by atoms with Crippen LogP contribution in [-0.2, 0) is 13.1 Å². The zero-order chi connectivity index (χ0) is 15.5. The minimum atomic E-state index is -0.0621. The van der Waals surface area contributed by atoms with Crippen molar-refractivity contribution in [2.24, 2.45) is 0 Å². The van der Waals surface area contributed by atoms with Crippen molar-refractivity contribution in [3.8, 4) is 0 Å². The average molecular weight is 295 g/mol. The summed E-state index contributed by atoms with van der Waals surface area (Å²) in [4.78, 5) is 27.1. The van der Waals surface area contributed by atoms with E-state index in [1.54, 1.807) is 35.3 Å². The van der Waals surface area contributed by atoms with E-state index in [4.69, 9.17) is 0 Å². The van der Waals surface area contributed by atoms with Gasteiger partial charge in [0, 0.05) is 43.9 Å². The molecule has 3 rings (SSSR count). The number of fused-ring (bicyclic) bond motifs is 1. The van der Waals surface area contributed by atoms with Gasteiger partial charge in [0.2, 0.25) is 0 Å². The number of pyridine rings is 1. The Morgan fingerprint density at radius 3 is 2.77 bits per heavy atom. The van der Waals surface area contributed by atoms with Crippen LogP contribution in [0, 0.1) is 6.92 Å². The van der Waals surface area contributed by atoms with Crippen molar-refractivity contribution in [3.05, 3.63) is 70.3 Å². The molecule has 3 heterocycles. The fourth-order valence-corrected chi connectivity index (χ4v) is 2.36. The highest BCUT2D eigenvalue weighted by Gasteiger charge is 2.07. The van der Waals surface area contributed by atoms with E-state index in [0.717, 1.165) is 17.0 Å². The van der Waals surface area contributed by atoms with Crippen LogP contribution in [-0.4, -0.2) is 31.3 Å². The second-order valence-corrected chi connectivity index (χ2v) is 5.39. The molecule has 0 aliphatic carbocycles. The van der Waals surface area contributed by atoms with E-state index >= 15 is 0 Å².